The van der Waals surface area contributed by atoms with Crippen LogP contribution < -0.4 is 0 Å². The molecule has 1 aromatic rings. The van der Waals surface area contributed by atoms with Gasteiger partial charge < -0.3 is 5.21 Å². The van der Waals surface area contributed by atoms with Gasteiger partial charge in [-0.05, 0) is 11.1 Å². The van der Waals surface area contributed by atoms with Crippen molar-refractivity contribution < 1.29 is 14.9 Å². The van der Waals surface area contributed by atoms with E-state index in [4.69, 9.17) is 5.21 Å². The monoisotopic (exact) mass is 245 g/mol. The Kier molecular flexibility index (Phi) is 2.58. The van der Waals surface area contributed by atoms with E-state index in [0.717, 1.165) is 0 Å². The standard InChI is InChI=1S/C14H15NO3/c16-12-7-9-5-11(15(17)18)6-10(8-12)14-4-2-1-3-13(9)14/h1-4,9-10H,5-8H2,(H,17,18)/t9-,10+. The topological polar surface area (TPSA) is 63.4 Å². The first kappa shape index (κ1) is 11.3. The van der Waals surface area contributed by atoms with E-state index in [1.165, 1.54) is 11.1 Å². The first-order chi connectivity index (χ1) is 8.65. The third kappa shape index (κ3) is 1.78. The molecule has 0 saturated heterocycles. The summed E-state index contributed by atoms with van der Waals surface area (Å²) in [5.41, 5.74) is 2.84. The lowest BCUT2D eigenvalue weighted by molar-refractivity contribution is -0.727. The minimum Gasteiger partial charge on any atom is -0.418 e. The fourth-order valence-electron chi connectivity index (χ4n) is 3.28. The van der Waals surface area contributed by atoms with Crippen molar-refractivity contribution in [2.75, 3.05) is 0 Å². The lowest BCUT2D eigenvalue weighted by atomic mass is 9.88. The zero-order valence-electron chi connectivity index (χ0n) is 10.0. The zero-order chi connectivity index (χ0) is 12.7. The molecule has 0 saturated carbocycles. The number of hydrogen-bond acceptors (Lipinski definition) is 3. The Morgan fingerprint density at radius 1 is 1.06 bits per heavy atom. The molecule has 4 nitrogen and oxygen atoms in total. The molecule has 2 bridgehead atoms. The molecule has 0 amide bonds. The summed E-state index contributed by atoms with van der Waals surface area (Å²) in [6.45, 7) is 0. The van der Waals surface area contributed by atoms with Gasteiger partial charge in [0.1, 0.15) is 5.78 Å². The molecule has 2 atom stereocenters. The second kappa shape index (κ2) is 4.12. The van der Waals surface area contributed by atoms with Crippen molar-refractivity contribution in [2.24, 2.45) is 0 Å². The van der Waals surface area contributed by atoms with Gasteiger partial charge in [-0.3, -0.25) is 10.0 Å². The molecule has 18 heavy (non-hydrogen) atoms. The van der Waals surface area contributed by atoms with Crippen LogP contribution in [0.25, 0.3) is 0 Å². The average molecular weight is 245 g/mol. The van der Waals surface area contributed by atoms with Crippen molar-refractivity contribution >= 4 is 11.5 Å². The molecule has 0 fully saturated rings. The normalized spacial score (nSPS) is 29.4. The second-order valence-corrected chi connectivity index (χ2v) is 5.22. The van der Waals surface area contributed by atoms with Crippen molar-refractivity contribution in [1.29, 1.82) is 0 Å². The van der Waals surface area contributed by atoms with E-state index in [9.17, 15) is 10.0 Å². The van der Waals surface area contributed by atoms with Gasteiger partial charge in [0.2, 0.25) is 5.71 Å². The Labute approximate surface area is 105 Å². The molecule has 0 heterocycles. The second-order valence-electron chi connectivity index (χ2n) is 5.22. The third-order valence-electron chi connectivity index (χ3n) is 4.06. The van der Waals surface area contributed by atoms with E-state index < -0.39 is 0 Å². The number of hydrogen-bond donors (Lipinski definition) is 1. The maximum absolute atomic E-state index is 11.9. The molecule has 2 aliphatic rings. The smallest absolute Gasteiger partial charge is 0.222 e. The lowest BCUT2D eigenvalue weighted by Gasteiger charge is -2.14. The van der Waals surface area contributed by atoms with E-state index >= 15 is 0 Å². The SMILES string of the molecule is O=C1C[C@@H]2CC(=[N+]([O-])O)C[C@H](C1)c1ccccc12. The van der Waals surface area contributed by atoms with E-state index in [-0.39, 0.29) is 22.5 Å². The van der Waals surface area contributed by atoms with Crippen molar-refractivity contribution in [2.45, 2.75) is 37.5 Å². The largest absolute Gasteiger partial charge is 0.418 e. The molecule has 4 heteroatoms. The minimum absolute atomic E-state index is 0.00166. The Morgan fingerprint density at radius 3 is 2.00 bits per heavy atom. The van der Waals surface area contributed by atoms with E-state index in [0.29, 0.717) is 31.4 Å². The van der Waals surface area contributed by atoms with Crippen LogP contribution in [-0.2, 0) is 4.79 Å². The van der Waals surface area contributed by atoms with E-state index in [1.807, 2.05) is 24.3 Å². The lowest BCUT2D eigenvalue weighted by Crippen LogP contribution is -2.21. The molecule has 1 aromatic carbocycles. The molecule has 94 valence electrons. The van der Waals surface area contributed by atoms with Crippen LogP contribution in [0.5, 0.6) is 0 Å². The summed E-state index contributed by atoms with van der Waals surface area (Å²) in [6.07, 6.45) is 1.92. The predicted octanol–water partition coefficient (Wildman–Crippen LogP) is 2.35. The number of benzene rings is 1. The highest BCUT2D eigenvalue weighted by molar-refractivity contribution is 5.88. The van der Waals surface area contributed by atoms with Gasteiger partial charge in [-0.25, -0.2) is 0 Å². The Balaban J connectivity index is 2.14. The quantitative estimate of drug-likeness (QED) is 0.433. The van der Waals surface area contributed by atoms with Crippen LogP contribution in [0.3, 0.4) is 0 Å². The molecule has 2 aliphatic carbocycles. The molecule has 3 rings (SSSR count). The van der Waals surface area contributed by atoms with Crippen LogP contribution in [0.4, 0.5) is 0 Å². The van der Waals surface area contributed by atoms with Crippen LogP contribution >= 0.6 is 0 Å². The van der Waals surface area contributed by atoms with E-state index in [1.54, 1.807) is 0 Å². The third-order valence-corrected chi connectivity index (χ3v) is 4.06. The average Bonchev–Trinajstić information content (AvgIpc) is 2.54. The van der Waals surface area contributed by atoms with Crippen molar-refractivity contribution in [1.82, 2.24) is 0 Å². The highest BCUT2D eigenvalue weighted by Crippen LogP contribution is 2.42. The van der Waals surface area contributed by atoms with Gasteiger partial charge in [0.05, 0.1) is 0 Å². The fourth-order valence-corrected chi connectivity index (χ4v) is 3.28. The van der Waals surface area contributed by atoms with Gasteiger partial charge in [0, 0.05) is 42.4 Å². The number of rotatable bonds is 0. The van der Waals surface area contributed by atoms with Gasteiger partial charge in [-0.1, -0.05) is 24.3 Å². The fraction of sp³-hybridized carbons (Fsp3) is 0.429. The van der Waals surface area contributed by atoms with Crippen LogP contribution in [0.1, 0.15) is 48.6 Å². The summed E-state index contributed by atoms with van der Waals surface area (Å²) in [5, 5.41) is 20.3. The van der Waals surface area contributed by atoms with Crippen LogP contribution in [0, 0.1) is 5.21 Å². The summed E-state index contributed by atoms with van der Waals surface area (Å²) in [7, 11) is 0. The predicted molar refractivity (Wildman–Crippen MR) is 65.8 cm³/mol. The summed E-state index contributed by atoms with van der Waals surface area (Å²) < 4.78 is 0. The Morgan fingerprint density at radius 2 is 1.56 bits per heavy atom. The molecule has 0 radical (unpaired) electrons. The van der Waals surface area contributed by atoms with Gasteiger partial charge in [0.25, 0.3) is 0 Å². The van der Waals surface area contributed by atoms with Crippen molar-refractivity contribution in [3.8, 4) is 0 Å². The maximum Gasteiger partial charge on any atom is 0.222 e. The number of carbonyl (C=O) groups is 1. The summed E-state index contributed by atoms with van der Waals surface area (Å²) >= 11 is 0. The molecule has 0 aromatic heterocycles. The Hall–Kier alpha value is -1.84. The highest BCUT2D eigenvalue weighted by atomic mass is 16.8. The molecular formula is C14H15NO3. The van der Waals surface area contributed by atoms with Crippen molar-refractivity contribution in [3.05, 3.63) is 40.6 Å². The highest BCUT2D eigenvalue weighted by Gasteiger charge is 2.37. The molecular weight excluding hydrogens is 230 g/mol. The number of Topliss-reactive ketones (excluding diaryl/α,β-unsaturated/α-hetero) is 1. The van der Waals surface area contributed by atoms with Crippen LogP contribution in [0.15, 0.2) is 24.3 Å². The van der Waals surface area contributed by atoms with E-state index in [2.05, 4.69) is 0 Å². The molecule has 1 N–H and O–H groups in total. The number of ketones is 1. The zero-order valence-corrected chi connectivity index (χ0v) is 10.0. The number of nitrogens with zero attached hydrogens (tertiary/aromatic N) is 1. The van der Waals surface area contributed by atoms with Gasteiger partial charge in [-0.2, -0.15) is 0 Å². The summed E-state index contributed by atoms with van der Waals surface area (Å²) in [5.74, 6) is 0.343. The number of carbonyl (C=O) groups excluding carboxylic acids is 1. The summed E-state index contributed by atoms with van der Waals surface area (Å²) in [6, 6.07) is 8.03. The first-order valence-electron chi connectivity index (χ1n) is 6.26. The van der Waals surface area contributed by atoms with Gasteiger partial charge >= 0.3 is 0 Å². The molecule has 0 spiro atoms. The van der Waals surface area contributed by atoms with Crippen LogP contribution in [-0.4, -0.2) is 21.6 Å². The van der Waals surface area contributed by atoms with Gasteiger partial charge in [-0.15, -0.1) is 0 Å². The molecule has 0 aliphatic heterocycles. The maximum atomic E-state index is 11.9. The van der Waals surface area contributed by atoms with Gasteiger partial charge in [0.15, 0.2) is 0 Å². The summed E-state index contributed by atoms with van der Waals surface area (Å²) in [4.78, 5) is 11.9. The Bertz CT molecular complexity index is 493. The van der Waals surface area contributed by atoms with Crippen molar-refractivity contribution in [3.63, 3.8) is 0 Å². The van der Waals surface area contributed by atoms with Crippen LogP contribution in [0.2, 0.25) is 0 Å². The molecule has 0 unspecified atom stereocenters. The minimum atomic E-state index is 0.00166. The first-order valence-corrected chi connectivity index (χ1v) is 6.26.